The van der Waals surface area contributed by atoms with Crippen LogP contribution in [0.15, 0.2) is 54.9 Å². The van der Waals surface area contributed by atoms with Crippen molar-refractivity contribution in [3.05, 3.63) is 60.6 Å². The highest BCUT2D eigenvalue weighted by Gasteiger charge is 2.33. The minimum atomic E-state index is -1.04. The molecule has 3 aromatic rings. The van der Waals surface area contributed by atoms with E-state index in [1.807, 2.05) is 45.6 Å². The fraction of sp³-hybridized carbons (Fsp3) is 0.348. The number of para-hydroxylation sites is 1. The van der Waals surface area contributed by atoms with Crippen molar-refractivity contribution in [2.24, 2.45) is 5.92 Å². The Morgan fingerprint density at radius 3 is 2.78 bits per heavy atom. The lowest BCUT2D eigenvalue weighted by atomic mass is 9.93. The standard InChI is InChI=1S/C23H24FIN6O/c1-14-11-15(7-8-19(14)32-16-5-3-2-4-6-16)21-20-22(26)27-13-28-23(20)31(29-21)18-9-10-30(25)12-17(18)24/h2-8,11,13-14,17-19H,9-10,12H2,1H3,(H2,26,27,28)/t14?,17-,18+,19?/m0/s1. The van der Waals surface area contributed by atoms with Gasteiger partial charge in [0.25, 0.3) is 0 Å². The van der Waals surface area contributed by atoms with Gasteiger partial charge in [-0.1, -0.05) is 37.3 Å². The average Bonchev–Trinajstić information content (AvgIpc) is 3.17. The van der Waals surface area contributed by atoms with Crippen LogP contribution < -0.4 is 10.5 Å². The van der Waals surface area contributed by atoms with Crippen molar-refractivity contribution in [2.75, 3.05) is 18.8 Å². The summed E-state index contributed by atoms with van der Waals surface area (Å²) in [6.45, 7) is 3.26. The van der Waals surface area contributed by atoms with Gasteiger partial charge in [0.1, 0.15) is 35.9 Å². The Hall–Kier alpha value is -2.53. The van der Waals surface area contributed by atoms with Gasteiger partial charge in [-0.25, -0.2) is 22.2 Å². The quantitative estimate of drug-likeness (QED) is 0.387. The molecule has 0 bridgehead atoms. The number of fused-ring (bicyclic) bond motifs is 1. The Kier molecular flexibility index (Phi) is 5.85. The molecule has 1 aromatic carbocycles. The second-order valence-corrected chi connectivity index (χ2v) is 9.59. The highest BCUT2D eigenvalue weighted by molar-refractivity contribution is 14.1. The first kappa shape index (κ1) is 21.3. The van der Waals surface area contributed by atoms with Crippen LogP contribution >= 0.6 is 22.9 Å². The van der Waals surface area contributed by atoms with Gasteiger partial charge in [-0.2, -0.15) is 5.10 Å². The number of anilines is 1. The molecule has 1 aliphatic carbocycles. The largest absolute Gasteiger partial charge is 0.486 e. The van der Waals surface area contributed by atoms with E-state index in [1.54, 1.807) is 4.68 Å². The number of nitrogens with two attached hydrogens (primary N) is 1. The van der Waals surface area contributed by atoms with Crippen LogP contribution in [0, 0.1) is 5.92 Å². The summed E-state index contributed by atoms with van der Waals surface area (Å²) < 4.78 is 24.8. The zero-order valence-electron chi connectivity index (χ0n) is 17.6. The predicted octanol–water partition coefficient (Wildman–Crippen LogP) is 4.38. The summed E-state index contributed by atoms with van der Waals surface area (Å²) in [5.41, 5.74) is 8.42. The second-order valence-electron chi connectivity index (χ2n) is 8.23. The van der Waals surface area contributed by atoms with Crippen LogP contribution in [0.1, 0.15) is 25.1 Å². The smallest absolute Gasteiger partial charge is 0.164 e. The first-order chi connectivity index (χ1) is 15.5. The van der Waals surface area contributed by atoms with Gasteiger partial charge in [-0.15, -0.1) is 0 Å². The Bertz CT molecular complexity index is 1180. The summed E-state index contributed by atoms with van der Waals surface area (Å²) in [5.74, 6) is 1.29. The molecule has 0 radical (unpaired) electrons. The van der Waals surface area contributed by atoms with E-state index < -0.39 is 6.17 Å². The molecular weight excluding hydrogens is 522 g/mol. The molecule has 2 N–H and O–H groups in total. The number of ether oxygens (including phenoxy) is 1. The number of rotatable bonds is 4. The topological polar surface area (TPSA) is 82.1 Å². The molecule has 3 heterocycles. The molecule has 1 saturated heterocycles. The molecule has 0 spiro atoms. The van der Waals surface area contributed by atoms with Gasteiger partial charge in [-0.05, 0) is 30.2 Å². The maximum absolute atomic E-state index is 15.0. The zero-order valence-corrected chi connectivity index (χ0v) is 19.8. The molecule has 166 valence electrons. The fourth-order valence-corrected chi connectivity index (χ4v) is 4.98. The van der Waals surface area contributed by atoms with Crippen LogP contribution in [0.3, 0.4) is 0 Å². The van der Waals surface area contributed by atoms with E-state index in [2.05, 4.69) is 45.8 Å². The van der Waals surface area contributed by atoms with Gasteiger partial charge in [0.2, 0.25) is 0 Å². The summed E-state index contributed by atoms with van der Waals surface area (Å²) in [4.78, 5) is 8.60. The lowest BCUT2D eigenvalue weighted by Gasteiger charge is -2.31. The van der Waals surface area contributed by atoms with E-state index >= 15 is 0 Å². The third-order valence-electron chi connectivity index (χ3n) is 6.00. The second kappa shape index (κ2) is 8.78. The van der Waals surface area contributed by atoms with Crippen molar-refractivity contribution < 1.29 is 9.13 Å². The molecule has 7 nitrogen and oxygen atoms in total. The van der Waals surface area contributed by atoms with Crippen molar-refractivity contribution in [1.29, 1.82) is 0 Å². The molecule has 32 heavy (non-hydrogen) atoms. The third kappa shape index (κ3) is 3.99. The van der Waals surface area contributed by atoms with Gasteiger partial charge in [0, 0.05) is 41.9 Å². The van der Waals surface area contributed by atoms with Crippen LogP contribution in [0.4, 0.5) is 10.2 Å². The minimum Gasteiger partial charge on any atom is -0.486 e. The maximum Gasteiger partial charge on any atom is 0.164 e. The predicted molar refractivity (Wildman–Crippen MR) is 131 cm³/mol. The number of benzene rings is 1. The summed E-state index contributed by atoms with van der Waals surface area (Å²) in [6.07, 6.45) is 7.08. The number of nitrogen functional groups attached to an aromatic ring is 1. The van der Waals surface area contributed by atoms with E-state index in [0.29, 0.717) is 35.5 Å². The summed E-state index contributed by atoms with van der Waals surface area (Å²) in [5, 5.41) is 5.50. The van der Waals surface area contributed by atoms with E-state index in [0.717, 1.165) is 17.9 Å². The summed E-state index contributed by atoms with van der Waals surface area (Å²) in [6, 6.07) is 9.38. The SMILES string of the molecule is CC1C=C(c2nn([C@@H]3CCN(I)C[C@@H]3F)c3ncnc(N)c23)C=CC1Oc1ccccc1. The third-order valence-corrected chi connectivity index (χ3v) is 6.88. The molecule has 2 aliphatic rings. The molecular formula is C23H24FIN6O. The number of piperidine rings is 1. The highest BCUT2D eigenvalue weighted by atomic mass is 127. The van der Waals surface area contributed by atoms with Gasteiger partial charge in [-0.3, -0.25) is 0 Å². The number of hydrogen-bond acceptors (Lipinski definition) is 6. The lowest BCUT2D eigenvalue weighted by Crippen LogP contribution is -2.38. The molecule has 0 amide bonds. The monoisotopic (exact) mass is 546 g/mol. The van der Waals surface area contributed by atoms with Crippen molar-refractivity contribution in [3.8, 4) is 5.75 Å². The average molecular weight is 546 g/mol. The van der Waals surface area contributed by atoms with E-state index in [-0.39, 0.29) is 18.1 Å². The van der Waals surface area contributed by atoms with Gasteiger partial charge in [0.05, 0.1) is 11.4 Å². The number of allylic oxidation sites excluding steroid dienone is 2. The summed E-state index contributed by atoms with van der Waals surface area (Å²) >= 11 is 2.16. The molecule has 9 heteroatoms. The first-order valence-corrected chi connectivity index (χ1v) is 11.6. The maximum atomic E-state index is 15.0. The number of hydrogen-bond donors (Lipinski definition) is 1. The Morgan fingerprint density at radius 2 is 2.03 bits per heavy atom. The van der Waals surface area contributed by atoms with Crippen molar-refractivity contribution in [1.82, 2.24) is 22.9 Å². The van der Waals surface area contributed by atoms with Crippen molar-refractivity contribution in [3.63, 3.8) is 0 Å². The Balaban J connectivity index is 1.50. The molecule has 0 saturated carbocycles. The van der Waals surface area contributed by atoms with Crippen LogP contribution in [0.2, 0.25) is 0 Å². The van der Waals surface area contributed by atoms with Crippen LogP contribution in [0.5, 0.6) is 5.75 Å². The molecule has 5 rings (SSSR count). The molecule has 1 aliphatic heterocycles. The van der Waals surface area contributed by atoms with Gasteiger partial charge < -0.3 is 10.5 Å². The van der Waals surface area contributed by atoms with E-state index in [4.69, 9.17) is 15.6 Å². The highest BCUT2D eigenvalue weighted by Crippen LogP contribution is 2.36. The van der Waals surface area contributed by atoms with E-state index in [9.17, 15) is 4.39 Å². The number of alkyl halides is 1. The fourth-order valence-electron chi connectivity index (χ4n) is 4.33. The van der Waals surface area contributed by atoms with Crippen LogP contribution in [0.25, 0.3) is 16.6 Å². The van der Waals surface area contributed by atoms with Gasteiger partial charge >= 0.3 is 0 Å². The Labute approximate surface area is 199 Å². The number of nitrogens with zero attached hydrogens (tertiary/aromatic N) is 5. The molecule has 4 atom stereocenters. The first-order valence-electron chi connectivity index (χ1n) is 10.7. The molecule has 2 unspecified atom stereocenters. The number of aromatic nitrogens is 4. The normalized spacial score (nSPS) is 26.3. The zero-order chi connectivity index (χ0) is 22.2. The minimum absolute atomic E-state index is 0.0914. The molecule has 1 fully saturated rings. The van der Waals surface area contributed by atoms with Crippen molar-refractivity contribution in [2.45, 2.75) is 31.7 Å². The van der Waals surface area contributed by atoms with E-state index in [1.165, 1.54) is 6.33 Å². The summed E-state index contributed by atoms with van der Waals surface area (Å²) in [7, 11) is 0. The lowest BCUT2D eigenvalue weighted by molar-refractivity contribution is 0.145. The number of halogens is 2. The van der Waals surface area contributed by atoms with Crippen molar-refractivity contribution >= 4 is 45.3 Å². The Morgan fingerprint density at radius 1 is 1.22 bits per heavy atom. The van der Waals surface area contributed by atoms with Crippen LogP contribution in [-0.4, -0.2) is 48.2 Å². The van der Waals surface area contributed by atoms with Gasteiger partial charge in [0.15, 0.2) is 5.65 Å². The van der Waals surface area contributed by atoms with Crippen LogP contribution in [-0.2, 0) is 0 Å². The molecule has 2 aromatic heterocycles.